The molecule has 25 heavy (non-hydrogen) atoms. The number of pyridine rings is 1. The van der Waals surface area contributed by atoms with E-state index >= 15 is 0 Å². The Morgan fingerprint density at radius 1 is 1.20 bits per heavy atom. The summed E-state index contributed by atoms with van der Waals surface area (Å²) in [4.78, 5) is 26.9. The minimum Gasteiger partial charge on any atom is -0.340 e. The number of piperidine rings is 1. The largest absolute Gasteiger partial charge is 0.340 e. The summed E-state index contributed by atoms with van der Waals surface area (Å²) in [6.45, 7) is 3.08. The Balaban J connectivity index is 1.86. The van der Waals surface area contributed by atoms with Crippen LogP contribution in [0.1, 0.15) is 26.2 Å². The van der Waals surface area contributed by atoms with Crippen molar-refractivity contribution in [1.82, 2.24) is 15.0 Å². The standard InChI is InChI=1S/C19H19ClN4O/c1-12-4-2-3-11-24(12)19-22-17-16(18(25)23-19)15(9-10-21-17)13-5-7-14(20)8-6-13/h5-10,12H,2-4,11H2,1H3,(H,21,22,23,25)/t12-/m0/s1. The minimum atomic E-state index is -0.157. The van der Waals surface area contributed by atoms with Crippen LogP contribution in [0, 0.1) is 0 Å². The summed E-state index contributed by atoms with van der Waals surface area (Å²) in [7, 11) is 0. The predicted octanol–water partition coefficient (Wildman–Crippen LogP) is 4.02. The average Bonchev–Trinajstić information content (AvgIpc) is 2.62. The Morgan fingerprint density at radius 2 is 2.00 bits per heavy atom. The highest BCUT2D eigenvalue weighted by Gasteiger charge is 2.22. The number of nitrogens with zero attached hydrogens (tertiary/aromatic N) is 3. The maximum Gasteiger partial charge on any atom is 0.262 e. The van der Waals surface area contributed by atoms with E-state index < -0.39 is 0 Å². The maximum atomic E-state index is 12.8. The molecule has 1 aliphatic heterocycles. The zero-order chi connectivity index (χ0) is 17.4. The molecule has 1 aromatic carbocycles. The average molecular weight is 355 g/mol. The summed E-state index contributed by atoms with van der Waals surface area (Å²) in [5.74, 6) is 0.616. The van der Waals surface area contributed by atoms with Crippen LogP contribution in [-0.2, 0) is 0 Å². The van der Waals surface area contributed by atoms with Gasteiger partial charge in [0, 0.05) is 23.8 Å². The highest BCUT2D eigenvalue weighted by Crippen LogP contribution is 2.27. The van der Waals surface area contributed by atoms with Gasteiger partial charge in [0.25, 0.3) is 5.56 Å². The van der Waals surface area contributed by atoms with Crippen molar-refractivity contribution < 1.29 is 0 Å². The first-order valence-electron chi connectivity index (χ1n) is 8.55. The molecule has 1 atom stereocenters. The molecule has 4 rings (SSSR count). The molecule has 2 aromatic heterocycles. The van der Waals surface area contributed by atoms with Crippen LogP contribution in [0.4, 0.5) is 5.95 Å². The Bertz CT molecular complexity index is 967. The first-order valence-corrected chi connectivity index (χ1v) is 8.93. The Labute approximate surface area is 150 Å². The number of hydrogen-bond acceptors (Lipinski definition) is 4. The van der Waals surface area contributed by atoms with Gasteiger partial charge < -0.3 is 4.90 Å². The number of halogens is 1. The molecule has 3 aromatic rings. The zero-order valence-corrected chi connectivity index (χ0v) is 14.8. The first-order chi connectivity index (χ1) is 12.1. The van der Waals surface area contributed by atoms with Gasteiger partial charge in [0.05, 0.1) is 5.39 Å². The molecule has 0 spiro atoms. The molecular weight excluding hydrogens is 336 g/mol. The van der Waals surface area contributed by atoms with Crippen LogP contribution in [0.3, 0.4) is 0 Å². The molecule has 128 valence electrons. The maximum absolute atomic E-state index is 12.8. The fraction of sp³-hybridized carbons (Fsp3) is 0.316. The van der Waals surface area contributed by atoms with Gasteiger partial charge in [-0.05, 0) is 55.5 Å². The Hall–Kier alpha value is -2.40. The molecule has 0 amide bonds. The summed E-state index contributed by atoms with van der Waals surface area (Å²) in [5.41, 5.74) is 2.05. The van der Waals surface area contributed by atoms with Crippen molar-refractivity contribution >= 4 is 28.6 Å². The van der Waals surface area contributed by atoms with Gasteiger partial charge in [0.2, 0.25) is 5.95 Å². The highest BCUT2D eigenvalue weighted by atomic mass is 35.5. The van der Waals surface area contributed by atoms with Crippen molar-refractivity contribution in [1.29, 1.82) is 0 Å². The van der Waals surface area contributed by atoms with Gasteiger partial charge in [0.15, 0.2) is 5.65 Å². The lowest BCUT2D eigenvalue weighted by atomic mass is 10.0. The molecule has 0 saturated carbocycles. The number of anilines is 1. The predicted molar refractivity (Wildman–Crippen MR) is 101 cm³/mol. The summed E-state index contributed by atoms with van der Waals surface area (Å²) in [5, 5.41) is 1.17. The molecule has 0 radical (unpaired) electrons. The smallest absolute Gasteiger partial charge is 0.262 e. The number of aromatic nitrogens is 3. The van der Waals surface area contributed by atoms with E-state index in [1.807, 2.05) is 30.3 Å². The van der Waals surface area contributed by atoms with Gasteiger partial charge >= 0.3 is 0 Å². The molecule has 1 N–H and O–H groups in total. The van der Waals surface area contributed by atoms with E-state index in [0.29, 0.717) is 28.0 Å². The Morgan fingerprint density at radius 3 is 2.76 bits per heavy atom. The highest BCUT2D eigenvalue weighted by molar-refractivity contribution is 6.30. The molecule has 0 aliphatic carbocycles. The SMILES string of the molecule is C[C@H]1CCCCN1c1nc2nccc(-c3ccc(Cl)cc3)c2c(=O)[nH]1. The molecule has 0 bridgehead atoms. The van der Waals surface area contributed by atoms with Gasteiger partial charge in [-0.3, -0.25) is 9.78 Å². The third kappa shape index (κ3) is 3.00. The van der Waals surface area contributed by atoms with Crippen LogP contribution < -0.4 is 10.5 Å². The normalized spacial score (nSPS) is 17.8. The van der Waals surface area contributed by atoms with Crippen molar-refractivity contribution in [3.05, 3.63) is 51.9 Å². The van der Waals surface area contributed by atoms with E-state index in [1.54, 1.807) is 6.20 Å². The fourth-order valence-electron chi connectivity index (χ4n) is 3.47. The first kappa shape index (κ1) is 16.1. The van der Waals surface area contributed by atoms with Crippen LogP contribution in [0.5, 0.6) is 0 Å². The van der Waals surface area contributed by atoms with Crippen molar-refractivity contribution in [2.24, 2.45) is 0 Å². The van der Waals surface area contributed by atoms with E-state index in [1.165, 1.54) is 6.42 Å². The van der Waals surface area contributed by atoms with E-state index in [4.69, 9.17) is 11.6 Å². The topological polar surface area (TPSA) is 61.9 Å². The van der Waals surface area contributed by atoms with Gasteiger partial charge in [-0.15, -0.1) is 0 Å². The van der Waals surface area contributed by atoms with Crippen molar-refractivity contribution in [2.75, 3.05) is 11.4 Å². The third-order valence-electron chi connectivity index (χ3n) is 4.83. The monoisotopic (exact) mass is 354 g/mol. The van der Waals surface area contributed by atoms with Gasteiger partial charge in [-0.2, -0.15) is 4.98 Å². The number of benzene rings is 1. The Kier molecular flexibility index (Phi) is 4.17. The van der Waals surface area contributed by atoms with Gasteiger partial charge in [0.1, 0.15) is 0 Å². The fourth-order valence-corrected chi connectivity index (χ4v) is 3.60. The van der Waals surface area contributed by atoms with E-state index in [2.05, 4.69) is 26.8 Å². The van der Waals surface area contributed by atoms with Crippen molar-refractivity contribution in [2.45, 2.75) is 32.2 Å². The molecule has 1 saturated heterocycles. The quantitative estimate of drug-likeness (QED) is 0.755. The van der Waals surface area contributed by atoms with Gasteiger partial charge in [-0.25, -0.2) is 4.98 Å². The van der Waals surface area contributed by atoms with Crippen LogP contribution >= 0.6 is 11.6 Å². The molecule has 0 unspecified atom stereocenters. The number of H-pyrrole nitrogens is 1. The number of rotatable bonds is 2. The van der Waals surface area contributed by atoms with Gasteiger partial charge in [-0.1, -0.05) is 23.7 Å². The minimum absolute atomic E-state index is 0.157. The molecular formula is C19H19ClN4O. The van der Waals surface area contributed by atoms with Crippen LogP contribution in [0.15, 0.2) is 41.3 Å². The number of hydrogen-bond donors (Lipinski definition) is 1. The zero-order valence-electron chi connectivity index (χ0n) is 14.0. The van der Waals surface area contributed by atoms with Crippen LogP contribution in [0.25, 0.3) is 22.2 Å². The van der Waals surface area contributed by atoms with Crippen LogP contribution in [-0.4, -0.2) is 27.5 Å². The lowest BCUT2D eigenvalue weighted by Gasteiger charge is -2.33. The molecule has 3 heterocycles. The van der Waals surface area contributed by atoms with E-state index in [-0.39, 0.29) is 5.56 Å². The molecule has 1 fully saturated rings. The molecule has 6 heteroatoms. The second kappa shape index (κ2) is 6.48. The number of aromatic amines is 1. The van der Waals surface area contributed by atoms with E-state index in [9.17, 15) is 4.79 Å². The lowest BCUT2D eigenvalue weighted by molar-refractivity contribution is 0.477. The molecule has 5 nitrogen and oxygen atoms in total. The second-order valence-electron chi connectivity index (χ2n) is 6.49. The molecule has 1 aliphatic rings. The van der Waals surface area contributed by atoms with Crippen molar-refractivity contribution in [3.8, 4) is 11.1 Å². The lowest BCUT2D eigenvalue weighted by Crippen LogP contribution is -2.39. The summed E-state index contributed by atoms with van der Waals surface area (Å²) in [6.07, 6.45) is 5.14. The third-order valence-corrected chi connectivity index (χ3v) is 5.08. The second-order valence-corrected chi connectivity index (χ2v) is 6.93. The summed E-state index contributed by atoms with van der Waals surface area (Å²) < 4.78 is 0. The van der Waals surface area contributed by atoms with E-state index in [0.717, 1.165) is 30.5 Å². The van der Waals surface area contributed by atoms with Crippen LogP contribution in [0.2, 0.25) is 5.02 Å². The van der Waals surface area contributed by atoms with Crippen molar-refractivity contribution in [3.63, 3.8) is 0 Å². The summed E-state index contributed by atoms with van der Waals surface area (Å²) in [6, 6.07) is 9.64. The summed E-state index contributed by atoms with van der Waals surface area (Å²) >= 11 is 5.97. The number of nitrogens with one attached hydrogen (secondary N) is 1. The number of fused-ring (bicyclic) bond motifs is 1.